The molecule has 0 heterocycles. The van der Waals surface area contributed by atoms with Crippen LogP contribution in [0.25, 0.3) is 0 Å². The molecule has 0 aliphatic rings. The summed E-state index contributed by atoms with van der Waals surface area (Å²) in [5.41, 5.74) is 0.638. The SMILES string of the molecule is CCOC(=S)SC(=O)c1ccccc1. The summed E-state index contributed by atoms with van der Waals surface area (Å²) < 4.78 is 5.29. The molecule has 74 valence electrons. The molecule has 2 nitrogen and oxygen atoms in total. The van der Waals surface area contributed by atoms with Gasteiger partial charge in [-0.2, -0.15) is 0 Å². The molecule has 4 heteroatoms. The van der Waals surface area contributed by atoms with Crippen LogP contribution in [-0.2, 0) is 4.74 Å². The van der Waals surface area contributed by atoms with E-state index in [4.69, 9.17) is 17.0 Å². The highest BCUT2D eigenvalue weighted by molar-refractivity contribution is 8.32. The Labute approximate surface area is 92.6 Å². The number of carbonyl (C=O) groups is 1. The lowest BCUT2D eigenvalue weighted by Gasteiger charge is -2.02. The number of ether oxygens (including phenoxy) is 1. The van der Waals surface area contributed by atoms with Crippen LogP contribution < -0.4 is 0 Å². The highest BCUT2D eigenvalue weighted by Crippen LogP contribution is 2.14. The Morgan fingerprint density at radius 1 is 1.43 bits per heavy atom. The maximum atomic E-state index is 11.5. The normalized spacial score (nSPS) is 9.50. The average Bonchev–Trinajstić information content (AvgIpc) is 2.19. The molecular formula is C10H10O2S2. The highest BCUT2D eigenvalue weighted by Gasteiger charge is 2.09. The zero-order chi connectivity index (χ0) is 10.4. The summed E-state index contributed by atoms with van der Waals surface area (Å²) in [6, 6.07) is 9.01. The van der Waals surface area contributed by atoms with Gasteiger partial charge in [0.15, 0.2) is 0 Å². The summed E-state index contributed by atoms with van der Waals surface area (Å²) in [7, 11) is 0. The molecule has 0 unspecified atom stereocenters. The second-order valence-electron chi connectivity index (χ2n) is 2.44. The number of benzene rings is 1. The number of thioether (sulfide) groups is 1. The first-order chi connectivity index (χ1) is 6.74. The lowest BCUT2D eigenvalue weighted by Crippen LogP contribution is -2.01. The van der Waals surface area contributed by atoms with Gasteiger partial charge in [0, 0.05) is 17.3 Å². The summed E-state index contributed by atoms with van der Waals surface area (Å²) in [5, 5.41) is -0.0796. The highest BCUT2D eigenvalue weighted by atomic mass is 32.2. The van der Waals surface area contributed by atoms with E-state index >= 15 is 0 Å². The molecule has 0 aromatic heterocycles. The van der Waals surface area contributed by atoms with Crippen molar-refractivity contribution >= 4 is 33.5 Å². The van der Waals surface area contributed by atoms with E-state index in [1.54, 1.807) is 12.1 Å². The monoisotopic (exact) mass is 226 g/mol. The number of hydrogen-bond donors (Lipinski definition) is 0. The molecular weight excluding hydrogens is 216 g/mol. The van der Waals surface area contributed by atoms with Gasteiger partial charge >= 0.3 is 0 Å². The largest absolute Gasteiger partial charge is 0.479 e. The molecule has 0 bridgehead atoms. The summed E-state index contributed by atoms with van der Waals surface area (Å²) in [6.45, 7) is 2.33. The zero-order valence-electron chi connectivity index (χ0n) is 7.73. The zero-order valence-corrected chi connectivity index (χ0v) is 9.36. The minimum atomic E-state index is -0.0796. The van der Waals surface area contributed by atoms with Gasteiger partial charge in [-0.05, 0) is 19.1 Å². The van der Waals surface area contributed by atoms with Crippen LogP contribution >= 0.6 is 24.0 Å². The van der Waals surface area contributed by atoms with Crippen molar-refractivity contribution < 1.29 is 9.53 Å². The predicted octanol–water partition coefficient (Wildman–Crippen LogP) is 2.88. The van der Waals surface area contributed by atoms with Crippen LogP contribution in [0, 0.1) is 0 Å². The van der Waals surface area contributed by atoms with Gasteiger partial charge in [-0.3, -0.25) is 4.79 Å². The smallest absolute Gasteiger partial charge is 0.228 e. The molecule has 0 fully saturated rings. The van der Waals surface area contributed by atoms with E-state index in [2.05, 4.69) is 0 Å². The van der Waals surface area contributed by atoms with Crippen LogP contribution in [0.5, 0.6) is 0 Å². The number of hydrogen-bond acceptors (Lipinski definition) is 4. The van der Waals surface area contributed by atoms with Crippen molar-refractivity contribution in [1.29, 1.82) is 0 Å². The fourth-order valence-electron chi connectivity index (χ4n) is 0.856. The molecule has 0 radical (unpaired) electrons. The van der Waals surface area contributed by atoms with Crippen molar-refractivity contribution in [3.05, 3.63) is 35.9 Å². The van der Waals surface area contributed by atoms with Gasteiger partial charge < -0.3 is 4.74 Å². The molecule has 14 heavy (non-hydrogen) atoms. The van der Waals surface area contributed by atoms with Gasteiger partial charge in [0.1, 0.15) is 0 Å². The van der Waals surface area contributed by atoms with E-state index in [0.29, 0.717) is 12.2 Å². The van der Waals surface area contributed by atoms with Gasteiger partial charge in [0.05, 0.1) is 6.61 Å². The lowest BCUT2D eigenvalue weighted by molar-refractivity contribution is 0.109. The minimum absolute atomic E-state index is 0.0796. The summed E-state index contributed by atoms with van der Waals surface area (Å²) in [5.74, 6) is 0. The van der Waals surface area contributed by atoms with Gasteiger partial charge in [0.2, 0.25) is 9.50 Å². The molecule has 0 N–H and O–H groups in total. The topological polar surface area (TPSA) is 26.3 Å². The summed E-state index contributed by atoms with van der Waals surface area (Å²) >= 11 is 5.80. The quantitative estimate of drug-likeness (QED) is 0.724. The van der Waals surface area contributed by atoms with Crippen molar-refractivity contribution in [2.75, 3.05) is 6.61 Å². The fourth-order valence-corrected chi connectivity index (χ4v) is 1.78. The first kappa shape index (κ1) is 11.2. The number of rotatable bonds is 2. The van der Waals surface area contributed by atoms with Crippen LogP contribution in [0.4, 0.5) is 0 Å². The first-order valence-electron chi connectivity index (χ1n) is 4.18. The van der Waals surface area contributed by atoms with E-state index in [1.165, 1.54) is 0 Å². The second-order valence-corrected chi connectivity index (χ2v) is 4.01. The van der Waals surface area contributed by atoms with Crippen molar-refractivity contribution in [3.8, 4) is 0 Å². The molecule has 0 saturated carbocycles. The molecule has 0 aliphatic carbocycles. The maximum Gasteiger partial charge on any atom is 0.228 e. The van der Waals surface area contributed by atoms with Crippen LogP contribution in [0.3, 0.4) is 0 Å². The lowest BCUT2D eigenvalue weighted by atomic mass is 10.2. The van der Waals surface area contributed by atoms with Crippen molar-refractivity contribution in [2.45, 2.75) is 6.92 Å². The van der Waals surface area contributed by atoms with Crippen LogP contribution in [0.1, 0.15) is 17.3 Å². The maximum absolute atomic E-state index is 11.5. The molecule has 0 amide bonds. The molecule has 0 spiro atoms. The molecule has 0 aliphatic heterocycles. The van der Waals surface area contributed by atoms with Crippen LogP contribution in [-0.4, -0.2) is 16.1 Å². The molecule has 1 rings (SSSR count). The van der Waals surface area contributed by atoms with Crippen LogP contribution in [0.2, 0.25) is 0 Å². The van der Waals surface area contributed by atoms with Gasteiger partial charge in [-0.15, -0.1) is 0 Å². The Hall–Kier alpha value is -0.870. The second kappa shape index (κ2) is 5.78. The third-order valence-corrected chi connectivity index (χ3v) is 2.52. The molecule has 1 aromatic rings. The number of thiocarbonyl (C=S) groups is 1. The Morgan fingerprint density at radius 3 is 2.64 bits per heavy atom. The molecule has 0 atom stereocenters. The Morgan fingerprint density at radius 2 is 2.07 bits per heavy atom. The number of carbonyl (C=O) groups excluding carboxylic acids is 1. The van der Waals surface area contributed by atoms with Crippen LogP contribution in [0.15, 0.2) is 30.3 Å². The van der Waals surface area contributed by atoms with E-state index in [0.717, 1.165) is 11.8 Å². The van der Waals surface area contributed by atoms with Crippen molar-refractivity contribution in [3.63, 3.8) is 0 Å². The third kappa shape index (κ3) is 3.47. The summed E-state index contributed by atoms with van der Waals surface area (Å²) in [4.78, 5) is 11.5. The predicted molar refractivity (Wildman–Crippen MR) is 62.6 cm³/mol. The minimum Gasteiger partial charge on any atom is -0.479 e. The third-order valence-electron chi connectivity index (χ3n) is 1.45. The Balaban J connectivity index is 2.55. The molecule has 0 saturated heterocycles. The van der Waals surface area contributed by atoms with Gasteiger partial charge in [-0.25, -0.2) is 0 Å². The van der Waals surface area contributed by atoms with E-state index in [9.17, 15) is 4.79 Å². The first-order valence-corrected chi connectivity index (χ1v) is 5.40. The summed E-state index contributed by atoms with van der Waals surface area (Å²) in [6.07, 6.45) is 0. The van der Waals surface area contributed by atoms with Gasteiger partial charge in [0.25, 0.3) is 0 Å². The molecule has 1 aromatic carbocycles. The van der Waals surface area contributed by atoms with E-state index in [-0.39, 0.29) is 9.50 Å². The Bertz CT molecular complexity index is 322. The van der Waals surface area contributed by atoms with Crippen molar-refractivity contribution in [1.82, 2.24) is 0 Å². The Kier molecular flexibility index (Phi) is 4.62. The van der Waals surface area contributed by atoms with Gasteiger partial charge in [-0.1, -0.05) is 30.3 Å². The van der Waals surface area contributed by atoms with Crippen molar-refractivity contribution in [2.24, 2.45) is 0 Å². The van der Waals surface area contributed by atoms with E-state index in [1.807, 2.05) is 25.1 Å². The standard InChI is InChI=1S/C10H10O2S2/c1-2-12-10(13)14-9(11)8-6-4-3-5-7-8/h3-7H,2H2,1H3. The van der Waals surface area contributed by atoms with E-state index < -0.39 is 0 Å². The average molecular weight is 226 g/mol. The fraction of sp³-hybridized carbons (Fsp3) is 0.200.